The molecule has 1 aliphatic rings. The van der Waals surface area contributed by atoms with Gasteiger partial charge in [0, 0.05) is 12.2 Å². The van der Waals surface area contributed by atoms with Gasteiger partial charge in [0.25, 0.3) is 0 Å². The van der Waals surface area contributed by atoms with Gasteiger partial charge in [-0.05, 0) is 68.1 Å². The molecule has 1 aliphatic carbocycles. The minimum absolute atomic E-state index is 0.209. The van der Waals surface area contributed by atoms with E-state index in [1.165, 1.54) is 0 Å². The zero-order valence-corrected chi connectivity index (χ0v) is 16.3. The molecule has 6 heteroatoms. The Morgan fingerprint density at radius 3 is 2.43 bits per heavy atom. The van der Waals surface area contributed by atoms with Crippen molar-refractivity contribution in [2.45, 2.75) is 26.2 Å². The smallest absolute Gasteiger partial charge is 0.240 e. The SMILES string of the molecule is CCOc1ccc(NC(=O)C2(C(=O)NCCc3cccc(OC)c3)CC2)cc1. The molecule has 1 fully saturated rings. The predicted molar refractivity (Wildman–Crippen MR) is 108 cm³/mol. The molecule has 0 aliphatic heterocycles. The minimum atomic E-state index is -0.951. The summed E-state index contributed by atoms with van der Waals surface area (Å²) in [5, 5.41) is 5.75. The Hall–Kier alpha value is -3.02. The summed E-state index contributed by atoms with van der Waals surface area (Å²) in [6, 6.07) is 14.9. The highest BCUT2D eigenvalue weighted by atomic mass is 16.5. The summed E-state index contributed by atoms with van der Waals surface area (Å²) in [6.07, 6.45) is 1.82. The molecule has 148 valence electrons. The van der Waals surface area contributed by atoms with Gasteiger partial charge in [0.05, 0.1) is 13.7 Å². The van der Waals surface area contributed by atoms with E-state index in [4.69, 9.17) is 9.47 Å². The van der Waals surface area contributed by atoms with Crippen LogP contribution in [0.4, 0.5) is 5.69 Å². The van der Waals surface area contributed by atoms with Crippen LogP contribution in [0.3, 0.4) is 0 Å². The van der Waals surface area contributed by atoms with E-state index >= 15 is 0 Å². The fourth-order valence-corrected chi connectivity index (χ4v) is 3.05. The van der Waals surface area contributed by atoms with Crippen LogP contribution >= 0.6 is 0 Å². The normalized spacial score (nSPS) is 14.1. The van der Waals surface area contributed by atoms with Crippen LogP contribution in [0, 0.1) is 5.41 Å². The average molecular weight is 382 g/mol. The van der Waals surface area contributed by atoms with Crippen molar-refractivity contribution in [1.29, 1.82) is 0 Å². The highest BCUT2D eigenvalue weighted by Gasteiger charge is 2.56. The predicted octanol–water partition coefficient (Wildman–Crippen LogP) is 3.17. The Balaban J connectivity index is 1.51. The minimum Gasteiger partial charge on any atom is -0.497 e. The number of nitrogens with one attached hydrogen (secondary N) is 2. The third-order valence-corrected chi connectivity index (χ3v) is 4.88. The molecule has 6 nitrogen and oxygen atoms in total. The van der Waals surface area contributed by atoms with Crippen molar-refractivity contribution in [2.24, 2.45) is 5.41 Å². The average Bonchev–Trinajstić information content (AvgIpc) is 3.52. The summed E-state index contributed by atoms with van der Waals surface area (Å²) in [6.45, 7) is 2.98. The van der Waals surface area contributed by atoms with E-state index in [-0.39, 0.29) is 11.8 Å². The molecule has 3 rings (SSSR count). The molecule has 0 heterocycles. The monoisotopic (exact) mass is 382 g/mol. The standard InChI is InChI=1S/C22H26N2O4/c1-3-28-18-9-7-17(8-10-18)24-21(26)22(12-13-22)20(25)23-14-11-16-5-4-6-19(15-16)27-2/h4-10,15H,3,11-14H2,1-2H3,(H,23,25)(H,24,26). The second-order valence-electron chi connectivity index (χ2n) is 6.85. The Labute approximate surface area is 165 Å². The molecule has 0 unspecified atom stereocenters. The van der Waals surface area contributed by atoms with Gasteiger partial charge in [-0.2, -0.15) is 0 Å². The van der Waals surface area contributed by atoms with E-state index in [1.807, 2.05) is 31.2 Å². The third kappa shape index (κ3) is 4.63. The second-order valence-corrected chi connectivity index (χ2v) is 6.85. The van der Waals surface area contributed by atoms with Gasteiger partial charge in [0.1, 0.15) is 16.9 Å². The highest BCUT2D eigenvalue weighted by molar-refractivity contribution is 6.13. The van der Waals surface area contributed by atoms with Crippen molar-refractivity contribution in [1.82, 2.24) is 5.32 Å². The van der Waals surface area contributed by atoms with Crippen LogP contribution in [-0.2, 0) is 16.0 Å². The Morgan fingerprint density at radius 2 is 1.79 bits per heavy atom. The van der Waals surface area contributed by atoms with Gasteiger partial charge in [0.2, 0.25) is 11.8 Å². The lowest BCUT2D eigenvalue weighted by Crippen LogP contribution is -2.40. The van der Waals surface area contributed by atoms with Gasteiger partial charge >= 0.3 is 0 Å². The second kappa shape index (κ2) is 8.78. The quantitative estimate of drug-likeness (QED) is 0.653. The van der Waals surface area contributed by atoms with E-state index < -0.39 is 5.41 Å². The fraction of sp³-hybridized carbons (Fsp3) is 0.364. The molecule has 0 bridgehead atoms. The van der Waals surface area contributed by atoms with Gasteiger partial charge in [-0.15, -0.1) is 0 Å². The van der Waals surface area contributed by atoms with E-state index in [0.29, 0.717) is 38.1 Å². The van der Waals surface area contributed by atoms with Gasteiger partial charge < -0.3 is 20.1 Å². The van der Waals surface area contributed by atoms with Crippen LogP contribution < -0.4 is 20.1 Å². The molecule has 28 heavy (non-hydrogen) atoms. The molecule has 2 aromatic rings. The summed E-state index contributed by atoms with van der Waals surface area (Å²) in [7, 11) is 1.63. The number of anilines is 1. The van der Waals surface area contributed by atoms with Crippen molar-refractivity contribution in [2.75, 3.05) is 25.6 Å². The van der Waals surface area contributed by atoms with Gasteiger partial charge in [0.15, 0.2) is 0 Å². The number of benzene rings is 2. The first kappa shape index (κ1) is 19.7. The fourth-order valence-electron chi connectivity index (χ4n) is 3.05. The lowest BCUT2D eigenvalue weighted by atomic mass is 10.0. The summed E-state index contributed by atoms with van der Waals surface area (Å²) < 4.78 is 10.6. The lowest BCUT2D eigenvalue weighted by molar-refractivity contribution is -0.134. The van der Waals surface area contributed by atoms with Crippen LogP contribution in [0.15, 0.2) is 48.5 Å². The van der Waals surface area contributed by atoms with E-state index in [1.54, 1.807) is 31.4 Å². The summed E-state index contributed by atoms with van der Waals surface area (Å²) in [4.78, 5) is 25.2. The maximum absolute atomic E-state index is 12.6. The molecule has 0 saturated heterocycles. The van der Waals surface area contributed by atoms with Crippen molar-refractivity contribution in [3.63, 3.8) is 0 Å². The van der Waals surface area contributed by atoms with E-state index in [9.17, 15) is 9.59 Å². The number of amides is 2. The highest BCUT2D eigenvalue weighted by Crippen LogP contribution is 2.46. The van der Waals surface area contributed by atoms with Gasteiger partial charge in [-0.1, -0.05) is 12.1 Å². The van der Waals surface area contributed by atoms with Gasteiger partial charge in [-0.25, -0.2) is 0 Å². The van der Waals surface area contributed by atoms with Crippen molar-refractivity contribution in [3.05, 3.63) is 54.1 Å². The number of carbonyl (C=O) groups is 2. The first-order valence-electron chi connectivity index (χ1n) is 9.53. The summed E-state index contributed by atoms with van der Waals surface area (Å²) >= 11 is 0. The lowest BCUT2D eigenvalue weighted by Gasteiger charge is -2.16. The first-order valence-corrected chi connectivity index (χ1v) is 9.53. The number of hydrogen-bond donors (Lipinski definition) is 2. The van der Waals surface area contributed by atoms with Crippen LogP contribution in [0.5, 0.6) is 11.5 Å². The molecule has 0 aromatic heterocycles. The Bertz CT molecular complexity index is 829. The number of carbonyl (C=O) groups excluding carboxylic acids is 2. The molecule has 0 radical (unpaired) electrons. The number of ether oxygens (including phenoxy) is 2. The van der Waals surface area contributed by atoms with E-state index in [2.05, 4.69) is 10.6 Å². The summed E-state index contributed by atoms with van der Waals surface area (Å²) in [5.74, 6) is 1.07. The first-order chi connectivity index (χ1) is 13.6. The Kier molecular flexibility index (Phi) is 6.19. The molecule has 2 N–H and O–H groups in total. The molecular formula is C22H26N2O4. The zero-order chi connectivity index (χ0) is 20.0. The van der Waals surface area contributed by atoms with Crippen molar-refractivity contribution in [3.8, 4) is 11.5 Å². The molecule has 2 amide bonds. The summed E-state index contributed by atoms with van der Waals surface area (Å²) in [5.41, 5.74) is 0.778. The maximum Gasteiger partial charge on any atom is 0.240 e. The van der Waals surface area contributed by atoms with Crippen molar-refractivity contribution < 1.29 is 19.1 Å². The Morgan fingerprint density at radius 1 is 1.04 bits per heavy atom. The number of hydrogen-bond acceptors (Lipinski definition) is 4. The topological polar surface area (TPSA) is 76.7 Å². The molecule has 2 aromatic carbocycles. The van der Waals surface area contributed by atoms with Crippen molar-refractivity contribution >= 4 is 17.5 Å². The molecular weight excluding hydrogens is 356 g/mol. The van der Waals surface area contributed by atoms with Crippen LogP contribution in [0.1, 0.15) is 25.3 Å². The van der Waals surface area contributed by atoms with Crippen LogP contribution in [0.2, 0.25) is 0 Å². The molecule has 0 spiro atoms. The third-order valence-electron chi connectivity index (χ3n) is 4.88. The van der Waals surface area contributed by atoms with Crippen LogP contribution in [-0.4, -0.2) is 32.1 Å². The molecule has 1 saturated carbocycles. The van der Waals surface area contributed by atoms with Crippen LogP contribution in [0.25, 0.3) is 0 Å². The van der Waals surface area contributed by atoms with E-state index in [0.717, 1.165) is 17.1 Å². The number of rotatable bonds is 9. The maximum atomic E-state index is 12.6. The largest absolute Gasteiger partial charge is 0.497 e. The number of methoxy groups -OCH3 is 1. The molecule has 0 atom stereocenters. The zero-order valence-electron chi connectivity index (χ0n) is 16.3. The van der Waals surface area contributed by atoms with Gasteiger partial charge in [-0.3, -0.25) is 9.59 Å².